The Kier molecular flexibility index (Phi) is 2.31. The monoisotopic (exact) mass is 281 g/mol. The van der Waals surface area contributed by atoms with Crippen molar-refractivity contribution >= 4 is 16.8 Å². The summed E-state index contributed by atoms with van der Waals surface area (Å²) in [5.74, 6) is 2.25. The van der Waals surface area contributed by atoms with Gasteiger partial charge in [-0.25, -0.2) is 0 Å². The molecule has 4 aliphatic rings. The molecule has 1 saturated carbocycles. The van der Waals surface area contributed by atoms with Crippen molar-refractivity contribution in [1.29, 1.82) is 0 Å². The Balaban J connectivity index is 1.43. The van der Waals surface area contributed by atoms with E-state index >= 15 is 0 Å². The van der Waals surface area contributed by atoms with Crippen molar-refractivity contribution in [3.05, 3.63) is 36.0 Å². The van der Waals surface area contributed by atoms with Gasteiger partial charge in [0.05, 0.1) is 5.56 Å². The van der Waals surface area contributed by atoms with Crippen molar-refractivity contribution in [1.82, 2.24) is 15.2 Å². The molecule has 3 aliphatic heterocycles. The molecule has 1 amide bonds. The fraction of sp³-hybridized carbons (Fsp3) is 0.471. The van der Waals surface area contributed by atoms with Crippen molar-refractivity contribution in [3.8, 4) is 0 Å². The number of hydrogen-bond acceptors (Lipinski definition) is 2. The Bertz CT molecular complexity index is 718. The number of carbonyl (C=O) groups excluding carboxylic acids is 1. The number of nitrogens with one attached hydrogen (secondary N) is 2. The quantitative estimate of drug-likeness (QED) is 0.882. The lowest BCUT2D eigenvalue weighted by atomic mass is 9.93. The van der Waals surface area contributed by atoms with Crippen LogP contribution in [0.4, 0.5) is 0 Å². The van der Waals surface area contributed by atoms with Crippen LogP contribution in [0.15, 0.2) is 30.5 Å². The summed E-state index contributed by atoms with van der Waals surface area (Å²) in [6.07, 6.45) is 3.15. The van der Waals surface area contributed by atoms with Crippen LogP contribution in [-0.2, 0) is 0 Å². The normalized spacial score (nSPS) is 36.5. The molecule has 6 rings (SSSR count). The van der Waals surface area contributed by atoms with Crippen molar-refractivity contribution in [2.45, 2.75) is 12.5 Å². The Morgan fingerprint density at radius 3 is 2.95 bits per heavy atom. The van der Waals surface area contributed by atoms with Gasteiger partial charge in [-0.2, -0.15) is 0 Å². The zero-order chi connectivity index (χ0) is 14.0. The molecular weight excluding hydrogens is 262 g/mol. The summed E-state index contributed by atoms with van der Waals surface area (Å²) in [7, 11) is 0. The summed E-state index contributed by atoms with van der Waals surface area (Å²) in [6.45, 7) is 3.60. The summed E-state index contributed by atoms with van der Waals surface area (Å²) in [5.41, 5.74) is 1.81. The van der Waals surface area contributed by atoms with E-state index in [1.54, 1.807) is 0 Å². The van der Waals surface area contributed by atoms with Crippen LogP contribution >= 0.6 is 0 Å². The number of fused-ring (bicyclic) bond motifs is 1. The van der Waals surface area contributed by atoms with E-state index in [1.165, 1.54) is 26.1 Å². The first-order valence-electron chi connectivity index (χ1n) is 7.89. The zero-order valence-corrected chi connectivity index (χ0v) is 11.9. The van der Waals surface area contributed by atoms with Gasteiger partial charge in [-0.3, -0.25) is 4.79 Å². The zero-order valence-electron chi connectivity index (χ0n) is 11.9. The van der Waals surface area contributed by atoms with E-state index in [0.717, 1.165) is 22.4 Å². The molecule has 4 bridgehead atoms. The minimum absolute atomic E-state index is 0.0865. The molecule has 4 fully saturated rings. The summed E-state index contributed by atoms with van der Waals surface area (Å²) in [4.78, 5) is 18.4. The van der Waals surface area contributed by atoms with Crippen LogP contribution in [0.1, 0.15) is 16.8 Å². The van der Waals surface area contributed by atoms with Gasteiger partial charge >= 0.3 is 0 Å². The van der Waals surface area contributed by atoms with Gasteiger partial charge in [0.2, 0.25) is 0 Å². The number of rotatable bonds is 2. The van der Waals surface area contributed by atoms with Crippen LogP contribution < -0.4 is 5.32 Å². The Morgan fingerprint density at radius 1 is 1.19 bits per heavy atom. The number of aromatic nitrogens is 1. The average molecular weight is 281 g/mol. The van der Waals surface area contributed by atoms with Crippen molar-refractivity contribution in [2.24, 2.45) is 17.8 Å². The first kappa shape index (κ1) is 11.8. The van der Waals surface area contributed by atoms with E-state index in [1.807, 2.05) is 30.5 Å². The predicted octanol–water partition coefficient (Wildman–Crippen LogP) is 1.85. The van der Waals surface area contributed by atoms with Crippen LogP contribution in [0.5, 0.6) is 0 Å². The highest BCUT2D eigenvalue weighted by molar-refractivity contribution is 6.06. The molecule has 2 aromatic rings. The van der Waals surface area contributed by atoms with Gasteiger partial charge in [0.15, 0.2) is 0 Å². The Hall–Kier alpha value is -1.81. The van der Waals surface area contributed by atoms with Crippen molar-refractivity contribution in [3.63, 3.8) is 0 Å². The third-order valence-electron chi connectivity index (χ3n) is 5.77. The van der Waals surface area contributed by atoms with Crippen LogP contribution in [0, 0.1) is 17.8 Å². The minimum atomic E-state index is 0.0865. The van der Waals surface area contributed by atoms with Gasteiger partial charge in [-0.15, -0.1) is 0 Å². The molecule has 4 heteroatoms. The number of nitrogens with zero attached hydrogens (tertiary/aromatic N) is 1. The van der Waals surface area contributed by atoms with Gasteiger partial charge in [-0.1, -0.05) is 18.2 Å². The number of hydrogen-bond donors (Lipinski definition) is 2. The number of H-pyrrole nitrogens is 1. The molecule has 3 saturated heterocycles. The van der Waals surface area contributed by atoms with E-state index < -0.39 is 0 Å². The lowest BCUT2D eigenvalue weighted by Gasteiger charge is -2.34. The maximum absolute atomic E-state index is 12.7. The molecule has 4 nitrogen and oxygen atoms in total. The molecule has 4 heterocycles. The maximum Gasteiger partial charge on any atom is 0.253 e. The average Bonchev–Trinajstić information content (AvgIpc) is 3.11. The van der Waals surface area contributed by atoms with Crippen molar-refractivity contribution < 1.29 is 4.79 Å². The topological polar surface area (TPSA) is 48.1 Å². The standard InChI is InChI=1S/C17H19N3O/c21-17(13-6-18-15-4-2-1-3-12(13)15)19-16-11-5-10-7-20(8-11)9-14(10)16/h1-4,6,10-11,14,16,18H,5,7-9H2,(H,19,21). The number of benzene rings is 1. The van der Waals surface area contributed by atoms with Gasteiger partial charge in [0.1, 0.15) is 0 Å². The third-order valence-corrected chi connectivity index (χ3v) is 5.77. The Labute approximate surface area is 123 Å². The second kappa shape index (κ2) is 4.10. The van der Waals surface area contributed by atoms with Crippen LogP contribution in [0.3, 0.4) is 0 Å². The molecule has 5 unspecified atom stereocenters. The fourth-order valence-electron chi connectivity index (χ4n) is 4.91. The van der Waals surface area contributed by atoms with E-state index in [9.17, 15) is 4.79 Å². The summed E-state index contributed by atoms with van der Waals surface area (Å²) in [5, 5.41) is 4.37. The lowest BCUT2D eigenvalue weighted by Crippen LogP contribution is -2.50. The molecular formula is C17H19N3O. The largest absolute Gasteiger partial charge is 0.360 e. The maximum atomic E-state index is 12.7. The van der Waals surface area contributed by atoms with Crippen LogP contribution in [-0.4, -0.2) is 41.5 Å². The molecule has 108 valence electrons. The molecule has 1 aliphatic carbocycles. The van der Waals surface area contributed by atoms with E-state index in [2.05, 4.69) is 15.2 Å². The SMILES string of the molecule is O=C(NC1C2CC3CN(C2)CC31)c1c[nH]c2ccccc12. The third kappa shape index (κ3) is 1.62. The molecule has 0 radical (unpaired) electrons. The first-order valence-corrected chi connectivity index (χ1v) is 7.89. The Morgan fingerprint density at radius 2 is 2.05 bits per heavy atom. The molecule has 1 aromatic heterocycles. The number of piperidine rings is 2. The van der Waals surface area contributed by atoms with E-state index in [4.69, 9.17) is 0 Å². The van der Waals surface area contributed by atoms with Gasteiger partial charge in [0.25, 0.3) is 5.91 Å². The van der Waals surface area contributed by atoms with E-state index in [0.29, 0.717) is 17.9 Å². The van der Waals surface area contributed by atoms with Crippen LogP contribution in [0.25, 0.3) is 10.9 Å². The van der Waals surface area contributed by atoms with Gasteiger partial charge in [0, 0.05) is 42.8 Å². The van der Waals surface area contributed by atoms with Crippen molar-refractivity contribution in [2.75, 3.05) is 19.6 Å². The number of aromatic amines is 1. The molecule has 1 aromatic carbocycles. The molecule has 5 atom stereocenters. The molecule has 2 N–H and O–H groups in total. The summed E-state index contributed by atoms with van der Waals surface area (Å²) >= 11 is 0. The van der Waals surface area contributed by atoms with E-state index in [-0.39, 0.29) is 5.91 Å². The lowest BCUT2D eigenvalue weighted by molar-refractivity contribution is 0.0880. The first-order chi connectivity index (χ1) is 10.3. The second-order valence-electron chi connectivity index (χ2n) is 6.89. The highest BCUT2D eigenvalue weighted by Crippen LogP contribution is 2.47. The van der Waals surface area contributed by atoms with Gasteiger partial charge < -0.3 is 15.2 Å². The minimum Gasteiger partial charge on any atom is -0.360 e. The number of para-hydroxylation sites is 1. The van der Waals surface area contributed by atoms with Gasteiger partial charge in [-0.05, 0) is 30.2 Å². The number of amides is 1. The second-order valence-corrected chi connectivity index (χ2v) is 6.89. The highest BCUT2D eigenvalue weighted by Gasteiger charge is 2.53. The smallest absolute Gasteiger partial charge is 0.253 e. The fourth-order valence-corrected chi connectivity index (χ4v) is 4.91. The summed E-state index contributed by atoms with van der Waals surface area (Å²) < 4.78 is 0. The highest BCUT2D eigenvalue weighted by atomic mass is 16.1. The molecule has 21 heavy (non-hydrogen) atoms. The summed E-state index contributed by atoms with van der Waals surface area (Å²) in [6, 6.07) is 8.38. The predicted molar refractivity (Wildman–Crippen MR) is 81.1 cm³/mol. The number of carbonyl (C=O) groups is 1. The molecule has 0 spiro atoms. The van der Waals surface area contributed by atoms with Crippen LogP contribution in [0.2, 0.25) is 0 Å².